The predicted molar refractivity (Wildman–Crippen MR) is 68.9 cm³/mol. The van der Waals surface area contributed by atoms with E-state index in [0.29, 0.717) is 6.61 Å². The smallest absolute Gasteiger partial charge is 0.309 e. The van der Waals surface area contributed by atoms with Crippen molar-refractivity contribution in [3.63, 3.8) is 0 Å². The highest BCUT2D eigenvalue weighted by atomic mass is 17.2. The summed E-state index contributed by atoms with van der Waals surface area (Å²) in [5, 5.41) is 0. The van der Waals surface area contributed by atoms with Gasteiger partial charge in [0.15, 0.2) is 0 Å². The van der Waals surface area contributed by atoms with E-state index in [2.05, 4.69) is 0 Å². The fourth-order valence-corrected chi connectivity index (χ4v) is 2.07. The van der Waals surface area contributed by atoms with E-state index in [1.165, 1.54) is 6.42 Å². The van der Waals surface area contributed by atoms with Gasteiger partial charge >= 0.3 is 5.97 Å². The minimum absolute atomic E-state index is 0.0746. The van der Waals surface area contributed by atoms with E-state index in [-0.39, 0.29) is 18.5 Å². The van der Waals surface area contributed by atoms with Gasteiger partial charge in [-0.1, -0.05) is 26.2 Å². The molecule has 4 heteroatoms. The Balaban J connectivity index is 2.34. The molecule has 1 fully saturated rings. The van der Waals surface area contributed by atoms with Crippen LogP contribution in [0.15, 0.2) is 0 Å². The van der Waals surface area contributed by atoms with E-state index in [1.54, 1.807) is 0 Å². The van der Waals surface area contributed by atoms with Gasteiger partial charge in [-0.15, -0.1) is 0 Å². The molecule has 0 heterocycles. The molecule has 1 aliphatic rings. The third-order valence-electron chi connectivity index (χ3n) is 3.58. The van der Waals surface area contributed by atoms with Crippen LogP contribution in [-0.2, 0) is 19.3 Å². The number of esters is 1. The zero-order valence-electron chi connectivity index (χ0n) is 11.9. The van der Waals surface area contributed by atoms with Crippen LogP contribution < -0.4 is 0 Å². The summed E-state index contributed by atoms with van der Waals surface area (Å²) in [7, 11) is 0. The monoisotopic (exact) mass is 258 g/mol. The maximum absolute atomic E-state index is 11.9. The molecule has 0 saturated heterocycles. The van der Waals surface area contributed by atoms with E-state index < -0.39 is 5.60 Å². The molecule has 0 amide bonds. The first kappa shape index (κ1) is 15.4. The summed E-state index contributed by atoms with van der Waals surface area (Å²) in [4.78, 5) is 22.2. The molecule has 0 aromatic rings. The van der Waals surface area contributed by atoms with E-state index in [0.717, 1.165) is 32.1 Å². The van der Waals surface area contributed by atoms with Crippen molar-refractivity contribution in [3.05, 3.63) is 0 Å². The van der Waals surface area contributed by atoms with Gasteiger partial charge in [0.05, 0.1) is 12.5 Å². The van der Waals surface area contributed by atoms with Gasteiger partial charge < -0.3 is 4.74 Å². The molecular formula is C14H26O4. The van der Waals surface area contributed by atoms with Gasteiger partial charge in [-0.2, -0.15) is 0 Å². The number of carbonyl (C=O) groups is 1. The lowest BCUT2D eigenvalue weighted by Crippen LogP contribution is -2.36. The highest BCUT2D eigenvalue weighted by Gasteiger charge is 2.29. The molecule has 4 nitrogen and oxygen atoms in total. The minimum atomic E-state index is -0.541. The van der Waals surface area contributed by atoms with Gasteiger partial charge in [0.25, 0.3) is 0 Å². The summed E-state index contributed by atoms with van der Waals surface area (Å²) < 4.78 is 5.39. The predicted octanol–water partition coefficient (Wildman–Crippen LogP) is 3.25. The van der Waals surface area contributed by atoms with E-state index in [1.807, 2.05) is 20.8 Å². The van der Waals surface area contributed by atoms with Crippen molar-refractivity contribution in [1.29, 1.82) is 0 Å². The molecule has 0 aromatic heterocycles. The Bertz CT molecular complexity index is 248. The normalized spacial score (nSPS) is 20.4. The average molecular weight is 258 g/mol. The van der Waals surface area contributed by atoms with Crippen LogP contribution in [-0.4, -0.2) is 24.8 Å². The van der Waals surface area contributed by atoms with Crippen LogP contribution in [0, 0.1) is 5.92 Å². The lowest BCUT2D eigenvalue weighted by molar-refractivity contribution is -0.361. The molecule has 106 valence electrons. The summed E-state index contributed by atoms with van der Waals surface area (Å²) in [5.41, 5.74) is -0.541. The van der Waals surface area contributed by atoms with E-state index in [4.69, 9.17) is 14.5 Å². The summed E-state index contributed by atoms with van der Waals surface area (Å²) >= 11 is 0. The Labute approximate surface area is 110 Å². The van der Waals surface area contributed by atoms with Crippen LogP contribution >= 0.6 is 0 Å². The average Bonchev–Trinajstić information content (AvgIpc) is 2.43. The number of ether oxygens (including phenoxy) is 1. The standard InChI is InChI=1S/C14H26O4/c1-4-14(3,18-17-5-2)11-16-13(15)12-9-7-6-8-10-12/h12H,4-11H2,1-3H3. The second kappa shape index (κ2) is 7.74. The van der Waals surface area contributed by atoms with Crippen molar-refractivity contribution >= 4 is 5.97 Å². The third kappa shape index (κ3) is 4.94. The zero-order chi connectivity index (χ0) is 13.4. The first-order valence-corrected chi connectivity index (χ1v) is 7.08. The van der Waals surface area contributed by atoms with Crippen LogP contribution in [0.4, 0.5) is 0 Å². The van der Waals surface area contributed by atoms with E-state index in [9.17, 15) is 4.79 Å². The molecule has 0 spiro atoms. The lowest BCUT2D eigenvalue weighted by Gasteiger charge is -2.27. The number of hydrogen-bond acceptors (Lipinski definition) is 4. The Kier molecular flexibility index (Phi) is 6.65. The molecule has 0 aliphatic heterocycles. The highest BCUT2D eigenvalue weighted by molar-refractivity contribution is 5.72. The van der Waals surface area contributed by atoms with Crippen LogP contribution in [0.1, 0.15) is 59.3 Å². The summed E-state index contributed by atoms with van der Waals surface area (Å²) in [6, 6.07) is 0. The van der Waals surface area contributed by atoms with Crippen molar-refractivity contribution in [3.8, 4) is 0 Å². The molecule has 0 aromatic carbocycles. The number of hydrogen-bond donors (Lipinski definition) is 0. The van der Waals surface area contributed by atoms with Crippen LogP contribution in [0.5, 0.6) is 0 Å². The summed E-state index contributed by atoms with van der Waals surface area (Å²) in [6.45, 7) is 6.51. The van der Waals surface area contributed by atoms with Crippen LogP contribution in [0.2, 0.25) is 0 Å². The Morgan fingerprint density at radius 2 is 1.89 bits per heavy atom. The van der Waals surface area contributed by atoms with Crippen molar-refractivity contribution in [2.24, 2.45) is 5.92 Å². The van der Waals surface area contributed by atoms with Crippen molar-refractivity contribution in [2.75, 3.05) is 13.2 Å². The minimum Gasteiger partial charge on any atom is -0.462 e. The van der Waals surface area contributed by atoms with Gasteiger partial charge in [0, 0.05) is 0 Å². The maximum atomic E-state index is 11.9. The first-order chi connectivity index (χ1) is 8.61. The second-order valence-corrected chi connectivity index (χ2v) is 5.24. The molecule has 1 atom stereocenters. The second-order valence-electron chi connectivity index (χ2n) is 5.24. The van der Waals surface area contributed by atoms with E-state index >= 15 is 0 Å². The third-order valence-corrected chi connectivity index (χ3v) is 3.58. The molecule has 0 radical (unpaired) electrons. The van der Waals surface area contributed by atoms with Crippen LogP contribution in [0.25, 0.3) is 0 Å². The SMILES string of the molecule is CCOOC(C)(CC)COC(=O)C1CCCCC1. The quantitative estimate of drug-likeness (QED) is 0.399. The van der Waals surface area contributed by atoms with Gasteiger partial charge in [-0.05, 0) is 33.1 Å². The molecule has 18 heavy (non-hydrogen) atoms. The first-order valence-electron chi connectivity index (χ1n) is 7.08. The fraction of sp³-hybridized carbons (Fsp3) is 0.929. The molecule has 1 aliphatic carbocycles. The Hall–Kier alpha value is -0.610. The van der Waals surface area contributed by atoms with Crippen molar-refractivity contribution < 1.29 is 19.3 Å². The summed E-state index contributed by atoms with van der Waals surface area (Å²) in [6.07, 6.45) is 6.19. The van der Waals surface area contributed by atoms with Crippen molar-refractivity contribution in [1.82, 2.24) is 0 Å². The number of rotatable bonds is 7. The maximum Gasteiger partial charge on any atom is 0.309 e. The largest absolute Gasteiger partial charge is 0.462 e. The highest BCUT2D eigenvalue weighted by Crippen LogP contribution is 2.25. The fourth-order valence-electron chi connectivity index (χ4n) is 2.07. The summed E-state index contributed by atoms with van der Waals surface area (Å²) in [5.74, 6) is 0.0152. The Morgan fingerprint density at radius 1 is 1.22 bits per heavy atom. The lowest BCUT2D eigenvalue weighted by atomic mass is 9.89. The van der Waals surface area contributed by atoms with Gasteiger partial charge in [0.2, 0.25) is 0 Å². The van der Waals surface area contributed by atoms with Crippen molar-refractivity contribution in [2.45, 2.75) is 64.9 Å². The van der Waals surface area contributed by atoms with Gasteiger partial charge in [0.1, 0.15) is 12.2 Å². The number of carbonyl (C=O) groups excluding carboxylic acids is 1. The van der Waals surface area contributed by atoms with Gasteiger partial charge in [-0.25, -0.2) is 9.78 Å². The molecule has 1 rings (SSSR count). The molecular weight excluding hydrogens is 232 g/mol. The molecule has 0 N–H and O–H groups in total. The topological polar surface area (TPSA) is 44.8 Å². The van der Waals surface area contributed by atoms with Gasteiger partial charge in [-0.3, -0.25) is 4.79 Å². The Morgan fingerprint density at radius 3 is 2.44 bits per heavy atom. The molecule has 0 bridgehead atoms. The zero-order valence-corrected chi connectivity index (χ0v) is 11.9. The molecule has 1 unspecified atom stereocenters. The molecule has 1 saturated carbocycles. The van der Waals surface area contributed by atoms with Crippen LogP contribution in [0.3, 0.4) is 0 Å².